The van der Waals surface area contributed by atoms with Gasteiger partial charge in [0.1, 0.15) is 11.4 Å². The number of morpholine rings is 1. The van der Waals surface area contributed by atoms with Crippen LogP contribution in [0.2, 0.25) is 0 Å². The lowest BCUT2D eigenvalue weighted by Crippen LogP contribution is -2.44. The van der Waals surface area contributed by atoms with Gasteiger partial charge in [0.2, 0.25) is 0 Å². The first-order chi connectivity index (χ1) is 13.6. The molecule has 1 saturated heterocycles. The van der Waals surface area contributed by atoms with Crippen molar-refractivity contribution in [3.05, 3.63) is 70.9 Å². The number of aryl methyl sites for hydroxylation is 1. The third kappa shape index (κ3) is 4.98. The van der Waals surface area contributed by atoms with E-state index in [1.807, 2.05) is 43.3 Å². The first-order valence-electron chi connectivity index (χ1n) is 9.17. The molecule has 1 aliphatic heterocycles. The highest BCUT2D eigenvalue weighted by molar-refractivity contribution is 6.05. The molecule has 1 fully saturated rings. The number of nitrogens with zero attached hydrogens (tertiary/aromatic N) is 1. The normalized spacial score (nSPS) is 14.5. The van der Waals surface area contributed by atoms with Gasteiger partial charge < -0.3 is 19.7 Å². The topological polar surface area (TPSA) is 67.9 Å². The van der Waals surface area contributed by atoms with Gasteiger partial charge in [0.05, 0.1) is 20.3 Å². The van der Waals surface area contributed by atoms with Crippen LogP contribution in [0.1, 0.15) is 21.5 Å². The number of benzene rings is 2. The summed E-state index contributed by atoms with van der Waals surface area (Å²) in [5, 5.41) is 2.79. The number of hydrogen-bond acceptors (Lipinski definition) is 4. The molecule has 1 N–H and O–H groups in total. The van der Waals surface area contributed by atoms with Gasteiger partial charge in [-0.1, -0.05) is 29.8 Å². The van der Waals surface area contributed by atoms with E-state index in [-0.39, 0.29) is 17.5 Å². The van der Waals surface area contributed by atoms with Crippen LogP contribution in [0.3, 0.4) is 0 Å². The highest BCUT2D eigenvalue weighted by atomic mass is 16.5. The second-order valence-corrected chi connectivity index (χ2v) is 6.56. The summed E-state index contributed by atoms with van der Waals surface area (Å²) in [5.74, 6) is 0.183. The van der Waals surface area contributed by atoms with Crippen LogP contribution >= 0.6 is 0 Å². The quantitative estimate of drug-likeness (QED) is 0.810. The second kappa shape index (κ2) is 9.19. The molecule has 0 saturated carbocycles. The van der Waals surface area contributed by atoms with Crippen molar-refractivity contribution in [2.75, 3.05) is 33.4 Å². The van der Waals surface area contributed by atoms with Crippen LogP contribution in [0.15, 0.2) is 54.2 Å². The average molecular weight is 380 g/mol. The van der Waals surface area contributed by atoms with Crippen molar-refractivity contribution >= 4 is 17.9 Å². The molecular formula is C22H24N2O4. The monoisotopic (exact) mass is 380 g/mol. The molecule has 2 amide bonds. The summed E-state index contributed by atoms with van der Waals surface area (Å²) in [6, 6.07) is 14.5. The minimum absolute atomic E-state index is 0.223. The maximum Gasteiger partial charge on any atom is 0.270 e. The molecule has 0 spiro atoms. The SMILES string of the molecule is COc1ccc(/C=C(/NC(=O)c2ccc(C)cc2)C(=O)N2CCOCC2)cc1. The van der Waals surface area contributed by atoms with E-state index >= 15 is 0 Å². The predicted octanol–water partition coefficient (Wildman–Crippen LogP) is 2.63. The van der Waals surface area contributed by atoms with E-state index in [4.69, 9.17) is 9.47 Å². The molecule has 146 valence electrons. The van der Waals surface area contributed by atoms with E-state index in [0.29, 0.717) is 31.9 Å². The van der Waals surface area contributed by atoms with Gasteiger partial charge in [-0.15, -0.1) is 0 Å². The molecule has 0 aromatic heterocycles. The van der Waals surface area contributed by atoms with E-state index in [9.17, 15) is 9.59 Å². The molecule has 0 unspecified atom stereocenters. The Kier molecular flexibility index (Phi) is 6.45. The number of ether oxygens (including phenoxy) is 2. The number of carbonyl (C=O) groups excluding carboxylic acids is 2. The zero-order valence-electron chi connectivity index (χ0n) is 16.1. The maximum atomic E-state index is 13.0. The largest absolute Gasteiger partial charge is 0.497 e. The van der Waals surface area contributed by atoms with Crippen LogP contribution in [0, 0.1) is 6.92 Å². The fourth-order valence-corrected chi connectivity index (χ4v) is 2.85. The summed E-state index contributed by atoms with van der Waals surface area (Å²) < 4.78 is 10.5. The van der Waals surface area contributed by atoms with Gasteiger partial charge in [0.15, 0.2) is 0 Å². The Bertz CT molecular complexity index is 851. The van der Waals surface area contributed by atoms with E-state index in [0.717, 1.165) is 16.9 Å². The third-order valence-corrected chi connectivity index (χ3v) is 4.52. The molecule has 6 nitrogen and oxygen atoms in total. The first kappa shape index (κ1) is 19.6. The molecule has 28 heavy (non-hydrogen) atoms. The zero-order valence-corrected chi connectivity index (χ0v) is 16.1. The van der Waals surface area contributed by atoms with E-state index in [1.165, 1.54) is 0 Å². The van der Waals surface area contributed by atoms with Crippen molar-refractivity contribution < 1.29 is 19.1 Å². The number of hydrogen-bond donors (Lipinski definition) is 1. The summed E-state index contributed by atoms with van der Waals surface area (Å²) in [7, 11) is 1.60. The van der Waals surface area contributed by atoms with E-state index in [2.05, 4.69) is 5.32 Å². The smallest absolute Gasteiger partial charge is 0.270 e. The van der Waals surface area contributed by atoms with Crippen molar-refractivity contribution in [2.24, 2.45) is 0 Å². The minimum Gasteiger partial charge on any atom is -0.497 e. The number of carbonyl (C=O) groups is 2. The van der Waals surface area contributed by atoms with Crippen molar-refractivity contribution in [3.63, 3.8) is 0 Å². The summed E-state index contributed by atoms with van der Waals surface area (Å²) in [6.07, 6.45) is 1.68. The Balaban J connectivity index is 1.86. The number of methoxy groups -OCH3 is 1. The fourth-order valence-electron chi connectivity index (χ4n) is 2.85. The predicted molar refractivity (Wildman–Crippen MR) is 107 cm³/mol. The Morgan fingerprint density at radius 3 is 2.29 bits per heavy atom. The number of amides is 2. The molecule has 0 aliphatic carbocycles. The Morgan fingerprint density at radius 2 is 1.68 bits per heavy atom. The summed E-state index contributed by atoms with van der Waals surface area (Å²) in [6.45, 7) is 3.94. The molecule has 6 heteroatoms. The van der Waals surface area contributed by atoms with Crippen LogP contribution < -0.4 is 10.1 Å². The molecule has 0 radical (unpaired) electrons. The number of rotatable bonds is 5. The van der Waals surface area contributed by atoms with Gasteiger partial charge in [-0.2, -0.15) is 0 Å². The van der Waals surface area contributed by atoms with Gasteiger partial charge in [-0.3, -0.25) is 9.59 Å². The lowest BCUT2D eigenvalue weighted by atomic mass is 10.1. The van der Waals surface area contributed by atoms with E-state index < -0.39 is 0 Å². The van der Waals surface area contributed by atoms with E-state index in [1.54, 1.807) is 30.2 Å². The highest BCUT2D eigenvalue weighted by Gasteiger charge is 2.22. The second-order valence-electron chi connectivity index (χ2n) is 6.56. The Morgan fingerprint density at radius 1 is 1.04 bits per heavy atom. The Labute approximate surface area is 164 Å². The van der Waals surface area contributed by atoms with Gasteiger partial charge in [0.25, 0.3) is 11.8 Å². The van der Waals surface area contributed by atoms with Crippen molar-refractivity contribution in [2.45, 2.75) is 6.92 Å². The standard InChI is InChI=1S/C22H24N2O4/c1-16-3-7-18(8-4-16)21(25)23-20(22(26)24-11-13-28-14-12-24)15-17-5-9-19(27-2)10-6-17/h3-10,15H,11-14H2,1-2H3,(H,23,25)/b20-15+. The van der Waals surface area contributed by atoms with Crippen LogP contribution in [-0.2, 0) is 9.53 Å². The van der Waals surface area contributed by atoms with Crippen molar-refractivity contribution in [3.8, 4) is 5.75 Å². The average Bonchev–Trinajstić information content (AvgIpc) is 2.74. The van der Waals surface area contributed by atoms with Crippen LogP contribution in [0.25, 0.3) is 6.08 Å². The maximum absolute atomic E-state index is 13.0. The number of nitrogens with one attached hydrogen (secondary N) is 1. The summed E-state index contributed by atoms with van der Waals surface area (Å²) in [4.78, 5) is 27.4. The summed E-state index contributed by atoms with van der Waals surface area (Å²) in [5.41, 5.74) is 2.59. The molecular weight excluding hydrogens is 356 g/mol. The lowest BCUT2D eigenvalue weighted by molar-refractivity contribution is -0.131. The molecule has 0 bridgehead atoms. The first-order valence-corrected chi connectivity index (χ1v) is 9.17. The van der Waals surface area contributed by atoms with Crippen LogP contribution in [0.5, 0.6) is 5.75 Å². The van der Waals surface area contributed by atoms with Gasteiger partial charge >= 0.3 is 0 Å². The molecule has 1 heterocycles. The van der Waals surface area contributed by atoms with Crippen molar-refractivity contribution in [1.29, 1.82) is 0 Å². The third-order valence-electron chi connectivity index (χ3n) is 4.52. The van der Waals surface area contributed by atoms with Gasteiger partial charge in [0, 0.05) is 18.7 Å². The van der Waals surface area contributed by atoms with Crippen LogP contribution in [-0.4, -0.2) is 50.1 Å². The fraction of sp³-hybridized carbons (Fsp3) is 0.273. The Hall–Kier alpha value is -3.12. The van der Waals surface area contributed by atoms with Gasteiger partial charge in [-0.25, -0.2) is 0 Å². The summed E-state index contributed by atoms with van der Waals surface area (Å²) >= 11 is 0. The van der Waals surface area contributed by atoms with Crippen LogP contribution in [0.4, 0.5) is 0 Å². The molecule has 1 aliphatic rings. The molecule has 0 atom stereocenters. The molecule has 2 aromatic carbocycles. The van der Waals surface area contributed by atoms with Crippen molar-refractivity contribution in [1.82, 2.24) is 10.2 Å². The highest BCUT2D eigenvalue weighted by Crippen LogP contribution is 2.15. The molecule has 2 aromatic rings. The lowest BCUT2D eigenvalue weighted by Gasteiger charge is -2.27. The zero-order chi connectivity index (χ0) is 19.9. The molecule has 3 rings (SSSR count). The van der Waals surface area contributed by atoms with Gasteiger partial charge in [-0.05, 0) is 42.8 Å². The minimum atomic E-state index is -0.318.